The fraction of sp³-hybridized carbons (Fsp3) is 0.543. The number of nitrogens with zero attached hydrogens (tertiary/aromatic N) is 1. The quantitative estimate of drug-likeness (QED) is 0.152. The minimum atomic E-state index is -1.07. The fourth-order valence-corrected chi connectivity index (χ4v) is 5.26. The van der Waals surface area contributed by atoms with Gasteiger partial charge in [-0.2, -0.15) is 0 Å². The van der Waals surface area contributed by atoms with Gasteiger partial charge < -0.3 is 34.9 Å². The van der Waals surface area contributed by atoms with Gasteiger partial charge in [-0.05, 0) is 43.0 Å². The summed E-state index contributed by atoms with van der Waals surface area (Å²) in [6.45, 7) is 6.83. The Balaban J connectivity index is 1.52. The minimum Gasteiger partial charge on any atom is -0.497 e. The number of hydrogen-bond donors (Lipinski definition) is 3. The van der Waals surface area contributed by atoms with E-state index in [1.165, 1.54) is 0 Å². The third-order valence-electron chi connectivity index (χ3n) is 8.30. The highest BCUT2D eigenvalue weighted by Crippen LogP contribution is 2.29. The third-order valence-corrected chi connectivity index (χ3v) is 8.30. The lowest BCUT2D eigenvalue weighted by Gasteiger charge is -2.28. The molecule has 47 heavy (non-hydrogen) atoms. The van der Waals surface area contributed by atoms with Gasteiger partial charge in [-0.3, -0.25) is 24.1 Å². The van der Waals surface area contributed by atoms with Gasteiger partial charge in [0.25, 0.3) is 0 Å². The molecule has 3 amide bonds. The Morgan fingerprint density at radius 1 is 0.872 bits per heavy atom. The second-order valence-corrected chi connectivity index (χ2v) is 12.2. The maximum atomic E-state index is 14.0. The van der Waals surface area contributed by atoms with Crippen LogP contribution in [-0.2, 0) is 46.2 Å². The number of methoxy groups -OCH3 is 1. The largest absolute Gasteiger partial charge is 0.497 e. The van der Waals surface area contributed by atoms with Gasteiger partial charge in [0.2, 0.25) is 17.7 Å². The van der Waals surface area contributed by atoms with Crippen molar-refractivity contribution in [3.8, 4) is 5.75 Å². The second-order valence-electron chi connectivity index (χ2n) is 12.2. The molecule has 2 aliphatic rings. The van der Waals surface area contributed by atoms with E-state index in [4.69, 9.17) is 18.9 Å². The minimum absolute atomic E-state index is 0.0532. The molecule has 0 spiro atoms. The molecule has 2 aliphatic heterocycles. The van der Waals surface area contributed by atoms with Crippen molar-refractivity contribution in [2.24, 2.45) is 0 Å². The molecule has 12 nitrogen and oxygen atoms in total. The Morgan fingerprint density at radius 2 is 1.49 bits per heavy atom. The van der Waals surface area contributed by atoms with Crippen LogP contribution in [0.3, 0.4) is 0 Å². The Kier molecular flexibility index (Phi) is 13.7. The lowest BCUT2D eigenvalue weighted by molar-refractivity contribution is -0.135. The molecule has 12 heteroatoms. The number of carbonyl (C=O) groups is 4. The number of rotatable bonds is 19. The van der Waals surface area contributed by atoms with Gasteiger partial charge in [-0.1, -0.05) is 55.8 Å². The number of unbranched alkanes of at least 4 members (excludes halogenated alkanes) is 1. The fourth-order valence-electron chi connectivity index (χ4n) is 5.26. The molecule has 2 heterocycles. The molecule has 2 fully saturated rings. The van der Waals surface area contributed by atoms with Gasteiger partial charge in [0.15, 0.2) is 5.78 Å². The summed E-state index contributed by atoms with van der Waals surface area (Å²) in [6, 6.07) is 13.6. The summed E-state index contributed by atoms with van der Waals surface area (Å²) >= 11 is 0. The number of amides is 3. The van der Waals surface area contributed by atoms with Crippen LogP contribution in [-0.4, -0.2) is 112 Å². The summed E-state index contributed by atoms with van der Waals surface area (Å²) in [4.78, 5) is 56.2. The average molecular weight is 653 g/mol. The van der Waals surface area contributed by atoms with Crippen molar-refractivity contribution < 1.29 is 38.1 Å². The van der Waals surface area contributed by atoms with Crippen LogP contribution < -0.4 is 20.7 Å². The Morgan fingerprint density at radius 3 is 2.13 bits per heavy atom. The molecule has 2 aromatic rings. The zero-order valence-corrected chi connectivity index (χ0v) is 27.6. The highest BCUT2D eigenvalue weighted by atomic mass is 16.6. The van der Waals surface area contributed by atoms with Crippen molar-refractivity contribution in [3.63, 3.8) is 0 Å². The van der Waals surface area contributed by atoms with E-state index in [9.17, 15) is 19.2 Å². The zero-order valence-electron chi connectivity index (χ0n) is 27.6. The number of nitrogens with one attached hydrogen (secondary N) is 3. The number of carbonyl (C=O) groups excluding carboxylic acids is 4. The monoisotopic (exact) mass is 652 g/mol. The molecular formula is C35H48N4O8. The predicted octanol–water partition coefficient (Wildman–Crippen LogP) is 1.44. The van der Waals surface area contributed by atoms with Crippen LogP contribution in [0, 0.1) is 0 Å². The molecule has 2 aromatic carbocycles. The number of benzene rings is 2. The van der Waals surface area contributed by atoms with Crippen molar-refractivity contribution in [1.29, 1.82) is 0 Å². The lowest BCUT2D eigenvalue weighted by Crippen LogP contribution is -2.59. The molecule has 0 saturated carbocycles. The summed E-state index contributed by atoms with van der Waals surface area (Å²) < 4.78 is 21.8. The summed E-state index contributed by atoms with van der Waals surface area (Å²) in [5, 5.41) is 8.57. The highest BCUT2D eigenvalue weighted by molar-refractivity contribution is 5.98. The smallest absolute Gasteiger partial charge is 0.245 e. The van der Waals surface area contributed by atoms with Crippen molar-refractivity contribution in [1.82, 2.24) is 20.9 Å². The molecule has 0 aromatic heterocycles. The molecule has 0 radical (unpaired) electrons. The van der Waals surface area contributed by atoms with Gasteiger partial charge in [0.05, 0.1) is 46.1 Å². The summed E-state index contributed by atoms with van der Waals surface area (Å²) in [6.07, 6.45) is 2.11. The van der Waals surface area contributed by atoms with Crippen molar-refractivity contribution >= 4 is 23.5 Å². The van der Waals surface area contributed by atoms with E-state index in [0.29, 0.717) is 38.7 Å². The van der Waals surface area contributed by atoms with E-state index in [-0.39, 0.29) is 44.3 Å². The van der Waals surface area contributed by atoms with Crippen molar-refractivity contribution in [2.75, 3.05) is 59.8 Å². The van der Waals surface area contributed by atoms with Gasteiger partial charge in [0.1, 0.15) is 23.4 Å². The average Bonchev–Trinajstić information content (AvgIpc) is 3.84. The van der Waals surface area contributed by atoms with Crippen molar-refractivity contribution in [2.45, 2.75) is 63.3 Å². The maximum Gasteiger partial charge on any atom is 0.245 e. The Labute approximate surface area is 276 Å². The van der Waals surface area contributed by atoms with Crippen LogP contribution in [0.4, 0.5) is 0 Å². The van der Waals surface area contributed by atoms with Gasteiger partial charge in [0, 0.05) is 26.1 Å². The van der Waals surface area contributed by atoms with E-state index in [1.54, 1.807) is 26.2 Å². The van der Waals surface area contributed by atoms with E-state index in [2.05, 4.69) is 16.0 Å². The first-order valence-corrected chi connectivity index (χ1v) is 16.3. The topological polar surface area (TPSA) is 148 Å². The number of morpholine rings is 1. The van der Waals surface area contributed by atoms with Crippen LogP contribution >= 0.6 is 0 Å². The van der Waals surface area contributed by atoms with Crippen LogP contribution in [0.25, 0.3) is 0 Å². The van der Waals surface area contributed by atoms with Crippen molar-refractivity contribution in [3.05, 3.63) is 65.7 Å². The molecule has 0 aliphatic carbocycles. The van der Waals surface area contributed by atoms with Crippen LogP contribution in [0.2, 0.25) is 0 Å². The van der Waals surface area contributed by atoms with Crippen LogP contribution in [0.15, 0.2) is 54.6 Å². The predicted molar refractivity (Wildman–Crippen MR) is 175 cm³/mol. The van der Waals surface area contributed by atoms with E-state index in [1.807, 2.05) is 54.3 Å². The Bertz CT molecular complexity index is 1310. The molecule has 4 rings (SSSR count). The molecule has 3 N–H and O–H groups in total. The van der Waals surface area contributed by atoms with Gasteiger partial charge >= 0.3 is 0 Å². The van der Waals surface area contributed by atoms with Crippen LogP contribution in [0.5, 0.6) is 5.75 Å². The molecular weight excluding hydrogens is 604 g/mol. The normalized spacial score (nSPS) is 19.6. The summed E-state index contributed by atoms with van der Waals surface area (Å²) in [5.74, 6) is -1.00. The van der Waals surface area contributed by atoms with Gasteiger partial charge in [-0.25, -0.2) is 0 Å². The lowest BCUT2D eigenvalue weighted by atomic mass is 9.94. The molecule has 2 saturated heterocycles. The molecule has 4 atom stereocenters. The maximum absolute atomic E-state index is 14.0. The van der Waals surface area contributed by atoms with Crippen LogP contribution in [0.1, 0.15) is 37.8 Å². The number of ether oxygens (including phenoxy) is 4. The first kappa shape index (κ1) is 36.0. The summed E-state index contributed by atoms with van der Waals surface area (Å²) in [7, 11) is 1.56. The third kappa shape index (κ3) is 11.4. The summed E-state index contributed by atoms with van der Waals surface area (Å²) in [5.41, 5.74) is 0.674. The molecule has 0 unspecified atom stereocenters. The number of ketones is 1. The first-order valence-electron chi connectivity index (χ1n) is 16.3. The molecule has 0 bridgehead atoms. The molecule has 256 valence electrons. The standard InChI is InChI=1S/C35H48N4O8/c1-4-5-17-46-23-30(36-31(40)22-39-15-18-45-19-16-39)34(43)38-29(21-26-11-13-27(44-3)14-12-26)33(42)37-28(32(41)35(2)24-47-35)20-25-9-7-6-8-10-25/h6-14,28-30H,4-5,15-24H2,1-3H3,(H,36,40)(H,37,42)(H,38,43)/t28-,29-,30-,35+/m0/s1. The first-order chi connectivity index (χ1) is 22.7. The van der Waals surface area contributed by atoms with E-state index in [0.717, 1.165) is 24.0 Å². The number of hydrogen-bond acceptors (Lipinski definition) is 9. The van der Waals surface area contributed by atoms with E-state index < -0.39 is 35.5 Å². The second kappa shape index (κ2) is 17.9. The number of Topliss-reactive ketones (excluding diaryl/α,β-unsaturated/α-hetero) is 1. The zero-order chi connectivity index (χ0) is 33.6. The Hall–Kier alpha value is -3.84. The van der Waals surface area contributed by atoms with Gasteiger partial charge in [-0.15, -0.1) is 0 Å². The highest BCUT2D eigenvalue weighted by Gasteiger charge is 2.50. The SMILES string of the molecule is CCCCOC[C@H](NC(=O)CN1CCOCC1)C(=O)N[C@@H](Cc1ccc(OC)cc1)C(=O)N[C@@H](Cc1ccccc1)C(=O)[C@@]1(C)CO1. The number of epoxide rings is 1. The van der Waals surface area contributed by atoms with E-state index >= 15 is 0 Å².